The molecule has 2 aliphatic heterocycles. The fourth-order valence-electron chi connectivity index (χ4n) is 3.21. The lowest BCUT2D eigenvalue weighted by molar-refractivity contribution is -0.134. The molecular formula is C17H22N2O4. The summed E-state index contributed by atoms with van der Waals surface area (Å²) < 4.78 is 10.6. The fraction of sp³-hybridized carbons (Fsp3) is 0.529. The van der Waals surface area contributed by atoms with Crippen LogP contribution in [0.1, 0.15) is 37.0 Å². The molecule has 0 radical (unpaired) electrons. The quantitative estimate of drug-likeness (QED) is 0.850. The Morgan fingerprint density at radius 2 is 1.96 bits per heavy atom. The molecule has 1 fully saturated rings. The lowest BCUT2D eigenvalue weighted by Crippen LogP contribution is -2.47. The maximum Gasteiger partial charge on any atom is 0.254 e. The van der Waals surface area contributed by atoms with Crippen molar-refractivity contribution in [1.82, 2.24) is 9.80 Å². The second-order valence-corrected chi connectivity index (χ2v) is 5.74. The predicted molar refractivity (Wildman–Crippen MR) is 84.6 cm³/mol. The van der Waals surface area contributed by atoms with E-state index in [1.807, 2.05) is 13.8 Å². The van der Waals surface area contributed by atoms with E-state index in [1.165, 1.54) is 0 Å². The Bertz CT molecular complexity index is 613. The van der Waals surface area contributed by atoms with Gasteiger partial charge in [-0.2, -0.15) is 0 Å². The van der Waals surface area contributed by atoms with Gasteiger partial charge in [0.2, 0.25) is 12.7 Å². The summed E-state index contributed by atoms with van der Waals surface area (Å²) in [5.74, 6) is 1.16. The van der Waals surface area contributed by atoms with E-state index < -0.39 is 0 Å². The zero-order valence-corrected chi connectivity index (χ0v) is 13.6. The molecule has 1 aromatic rings. The minimum absolute atomic E-state index is 0.0431. The Balaban J connectivity index is 1.79. The Labute approximate surface area is 136 Å². The Kier molecular flexibility index (Phi) is 4.41. The second-order valence-electron chi connectivity index (χ2n) is 5.74. The van der Waals surface area contributed by atoms with E-state index in [-0.39, 0.29) is 24.6 Å². The number of nitrogens with zero attached hydrogens (tertiary/aromatic N) is 2. The number of carbonyl (C=O) groups is 2. The molecule has 0 bridgehead atoms. The van der Waals surface area contributed by atoms with E-state index in [1.54, 1.807) is 28.0 Å². The number of carbonyl (C=O) groups excluding carboxylic acids is 2. The third-order valence-electron chi connectivity index (χ3n) is 4.49. The van der Waals surface area contributed by atoms with Gasteiger partial charge in [0.15, 0.2) is 11.5 Å². The summed E-state index contributed by atoms with van der Waals surface area (Å²) >= 11 is 0. The predicted octanol–water partition coefficient (Wildman–Crippen LogP) is 1.89. The number of fused-ring (bicyclic) bond motifs is 1. The van der Waals surface area contributed by atoms with Crippen LogP contribution >= 0.6 is 0 Å². The van der Waals surface area contributed by atoms with Crippen molar-refractivity contribution in [2.45, 2.75) is 32.7 Å². The normalized spacial score (nSPS) is 19.0. The largest absolute Gasteiger partial charge is 0.454 e. The first-order chi connectivity index (χ1) is 11.2. The standard InChI is InChI=1S/C17H22N2O4/c1-3-18(4-2)17(21)13-6-5-9-19(13)16(20)12-7-8-14-15(10-12)23-11-22-14/h7-8,10,13H,3-6,9,11H2,1-2H3/t13-/m1/s1. The zero-order chi connectivity index (χ0) is 16.4. The van der Waals surface area contributed by atoms with Crippen LogP contribution in [0.2, 0.25) is 0 Å². The van der Waals surface area contributed by atoms with Crippen molar-refractivity contribution in [3.63, 3.8) is 0 Å². The van der Waals surface area contributed by atoms with Crippen LogP contribution in [0.4, 0.5) is 0 Å². The molecule has 3 rings (SSSR count). The molecule has 1 aromatic carbocycles. The summed E-state index contributed by atoms with van der Waals surface area (Å²) in [4.78, 5) is 28.9. The number of hydrogen-bond donors (Lipinski definition) is 0. The zero-order valence-electron chi connectivity index (χ0n) is 13.6. The molecule has 6 nitrogen and oxygen atoms in total. The van der Waals surface area contributed by atoms with Crippen molar-refractivity contribution < 1.29 is 19.1 Å². The minimum Gasteiger partial charge on any atom is -0.454 e. The molecule has 6 heteroatoms. The van der Waals surface area contributed by atoms with Crippen LogP contribution in [0.25, 0.3) is 0 Å². The monoisotopic (exact) mass is 318 g/mol. The molecule has 0 spiro atoms. The van der Waals surface area contributed by atoms with Crippen LogP contribution in [-0.4, -0.2) is 54.1 Å². The van der Waals surface area contributed by atoms with Crippen molar-refractivity contribution in [3.8, 4) is 11.5 Å². The van der Waals surface area contributed by atoms with Crippen LogP contribution in [0.3, 0.4) is 0 Å². The number of likely N-dealkylation sites (tertiary alicyclic amines) is 1. The van der Waals surface area contributed by atoms with E-state index in [2.05, 4.69) is 0 Å². The van der Waals surface area contributed by atoms with Gasteiger partial charge < -0.3 is 19.3 Å². The average molecular weight is 318 g/mol. The van der Waals surface area contributed by atoms with Crippen molar-refractivity contribution in [2.75, 3.05) is 26.4 Å². The molecule has 2 amide bonds. The van der Waals surface area contributed by atoms with Gasteiger partial charge in [-0.1, -0.05) is 0 Å². The van der Waals surface area contributed by atoms with E-state index in [4.69, 9.17) is 9.47 Å². The number of ether oxygens (including phenoxy) is 2. The summed E-state index contributed by atoms with van der Waals surface area (Å²) in [6.07, 6.45) is 1.58. The van der Waals surface area contributed by atoms with Crippen molar-refractivity contribution >= 4 is 11.8 Å². The number of rotatable bonds is 4. The first-order valence-electron chi connectivity index (χ1n) is 8.15. The molecule has 1 saturated heterocycles. The molecule has 23 heavy (non-hydrogen) atoms. The van der Waals surface area contributed by atoms with Crippen LogP contribution in [0.5, 0.6) is 11.5 Å². The van der Waals surface area contributed by atoms with E-state index in [0.29, 0.717) is 36.7 Å². The highest BCUT2D eigenvalue weighted by Crippen LogP contribution is 2.33. The molecule has 0 N–H and O–H groups in total. The smallest absolute Gasteiger partial charge is 0.254 e. The summed E-state index contributed by atoms with van der Waals surface area (Å²) in [7, 11) is 0. The highest BCUT2D eigenvalue weighted by molar-refractivity contribution is 5.98. The second kappa shape index (κ2) is 6.48. The van der Waals surface area contributed by atoms with Crippen molar-refractivity contribution in [2.24, 2.45) is 0 Å². The molecule has 0 aromatic heterocycles. The third kappa shape index (κ3) is 2.85. The van der Waals surface area contributed by atoms with Gasteiger partial charge in [-0.05, 0) is 44.9 Å². The molecule has 2 aliphatic rings. The van der Waals surface area contributed by atoms with Gasteiger partial charge in [0.1, 0.15) is 6.04 Å². The maximum atomic E-state index is 12.8. The summed E-state index contributed by atoms with van der Waals surface area (Å²) in [6.45, 7) is 6.04. The molecule has 0 aliphatic carbocycles. The van der Waals surface area contributed by atoms with Crippen molar-refractivity contribution in [3.05, 3.63) is 23.8 Å². The van der Waals surface area contributed by atoms with Gasteiger partial charge in [0.25, 0.3) is 5.91 Å². The maximum absolute atomic E-state index is 12.8. The Morgan fingerprint density at radius 1 is 1.22 bits per heavy atom. The fourth-order valence-corrected chi connectivity index (χ4v) is 3.21. The summed E-state index contributed by atoms with van der Waals surface area (Å²) in [5, 5.41) is 0. The van der Waals surface area contributed by atoms with Crippen LogP contribution in [-0.2, 0) is 4.79 Å². The van der Waals surface area contributed by atoms with Crippen molar-refractivity contribution in [1.29, 1.82) is 0 Å². The van der Waals surface area contributed by atoms with Gasteiger partial charge in [-0.25, -0.2) is 0 Å². The molecule has 124 valence electrons. The van der Waals surface area contributed by atoms with Crippen LogP contribution < -0.4 is 9.47 Å². The van der Waals surface area contributed by atoms with Crippen LogP contribution in [0.15, 0.2) is 18.2 Å². The lowest BCUT2D eigenvalue weighted by Gasteiger charge is -2.29. The molecule has 2 heterocycles. The first kappa shape index (κ1) is 15.6. The third-order valence-corrected chi connectivity index (χ3v) is 4.49. The highest BCUT2D eigenvalue weighted by Gasteiger charge is 2.36. The van der Waals surface area contributed by atoms with E-state index >= 15 is 0 Å². The Morgan fingerprint density at radius 3 is 2.70 bits per heavy atom. The highest BCUT2D eigenvalue weighted by atomic mass is 16.7. The number of hydrogen-bond acceptors (Lipinski definition) is 4. The summed E-state index contributed by atoms with van der Waals surface area (Å²) in [6, 6.07) is 4.81. The topological polar surface area (TPSA) is 59.1 Å². The van der Waals surface area contributed by atoms with E-state index in [9.17, 15) is 9.59 Å². The molecule has 0 unspecified atom stereocenters. The summed E-state index contributed by atoms with van der Waals surface area (Å²) in [5.41, 5.74) is 0.536. The van der Waals surface area contributed by atoms with Gasteiger partial charge >= 0.3 is 0 Å². The van der Waals surface area contributed by atoms with Crippen LogP contribution in [0, 0.1) is 0 Å². The Hall–Kier alpha value is -2.24. The molecular weight excluding hydrogens is 296 g/mol. The van der Waals surface area contributed by atoms with Gasteiger partial charge in [-0.3, -0.25) is 9.59 Å². The van der Waals surface area contributed by atoms with Gasteiger partial charge in [-0.15, -0.1) is 0 Å². The minimum atomic E-state index is -0.354. The average Bonchev–Trinajstić information content (AvgIpc) is 3.23. The van der Waals surface area contributed by atoms with Gasteiger partial charge in [0.05, 0.1) is 0 Å². The van der Waals surface area contributed by atoms with Gasteiger partial charge in [0, 0.05) is 25.2 Å². The van der Waals surface area contributed by atoms with E-state index in [0.717, 1.165) is 12.8 Å². The first-order valence-corrected chi connectivity index (χ1v) is 8.15. The number of likely N-dealkylation sites (N-methyl/N-ethyl adjacent to an activating group) is 1. The lowest BCUT2D eigenvalue weighted by atomic mass is 10.1. The number of benzene rings is 1. The SMILES string of the molecule is CCN(CC)C(=O)[C@H]1CCCN1C(=O)c1ccc2c(c1)OCO2. The molecule has 0 saturated carbocycles. The molecule has 1 atom stereocenters. The number of amides is 2.